The largest absolute Gasteiger partial charge is 0.350 e. The van der Waals surface area contributed by atoms with Gasteiger partial charge in [-0.3, -0.25) is 4.79 Å². The standard InChI is InChI=1S/C20H26ClN3O3S/c1-5-14-6-8-15(9-7-14)18(24(3)4)13-23-20(25)16-10-11-17(21)19(12-16)28(26,27)22-2/h6-12,18,22H,5,13H2,1-4H3,(H,23,25). The molecule has 0 saturated carbocycles. The summed E-state index contributed by atoms with van der Waals surface area (Å²) in [7, 11) is 1.44. The summed E-state index contributed by atoms with van der Waals surface area (Å²) in [6.45, 7) is 2.49. The predicted octanol–water partition coefficient (Wildman–Crippen LogP) is 2.84. The Morgan fingerprint density at radius 2 is 1.79 bits per heavy atom. The second-order valence-corrected chi connectivity index (χ2v) is 8.90. The highest BCUT2D eigenvalue weighted by molar-refractivity contribution is 7.89. The third-order valence-corrected chi connectivity index (χ3v) is 6.50. The molecule has 2 aromatic carbocycles. The van der Waals surface area contributed by atoms with E-state index in [1.807, 2.05) is 19.0 Å². The minimum atomic E-state index is -3.75. The first-order valence-electron chi connectivity index (χ1n) is 8.96. The van der Waals surface area contributed by atoms with Crippen LogP contribution in [0, 0.1) is 0 Å². The molecule has 0 aliphatic heterocycles. The molecule has 6 nitrogen and oxygen atoms in total. The van der Waals surface area contributed by atoms with E-state index in [1.165, 1.54) is 30.8 Å². The van der Waals surface area contributed by atoms with E-state index in [9.17, 15) is 13.2 Å². The summed E-state index contributed by atoms with van der Waals surface area (Å²) in [5.41, 5.74) is 2.58. The number of halogens is 1. The van der Waals surface area contributed by atoms with Crippen molar-refractivity contribution in [2.24, 2.45) is 0 Å². The van der Waals surface area contributed by atoms with Crippen LogP contribution in [0.25, 0.3) is 0 Å². The molecule has 0 aliphatic rings. The van der Waals surface area contributed by atoms with Crippen LogP contribution in [0.2, 0.25) is 5.02 Å². The molecule has 2 rings (SSSR count). The maximum Gasteiger partial charge on any atom is 0.251 e. The van der Waals surface area contributed by atoms with Gasteiger partial charge in [-0.05, 0) is 56.9 Å². The van der Waals surface area contributed by atoms with E-state index in [0.29, 0.717) is 6.54 Å². The van der Waals surface area contributed by atoms with E-state index in [1.54, 1.807) is 0 Å². The summed E-state index contributed by atoms with van der Waals surface area (Å²) in [5, 5.41) is 2.95. The lowest BCUT2D eigenvalue weighted by Gasteiger charge is -2.25. The zero-order valence-corrected chi connectivity index (χ0v) is 18.1. The fourth-order valence-electron chi connectivity index (χ4n) is 2.83. The summed E-state index contributed by atoms with van der Waals surface area (Å²) in [6, 6.07) is 12.5. The van der Waals surface area contributed by atoms with E-state index >= 15 is 0 Å². The van der Waals surface area contributed by atoms with Gasteiger partial charge in [-0.25, -0.2) is 13.1 Å². The second kappa shape index (κ2) is 9.52. The normalized spacial score (nSPS) is 12.8. The highest BCUT2D eigenvalue weighted by atomic mass is 35.5. The lowest BCUT2D eigenvalue weighted by Crippen LogP contribution is -2.34. The van der Waals surface area contributed by atoms with Gasteiger partial charge in [-0.2, -0.15) is 0 Å². The number of hydrogen-bond donors (Lipinski definition) is 2. The molecule has 0 heterocycles. The Balaban J connectivity index is 2.18. The number of carbonyl (C=O) groups is 1. The molecule has 8 heteroatoms. The van der Waals surface area contributed by atoms with Gasteiger partial charge >= 0.3 is 0 Å². The van der Waals surface area contributed by atoms with Crippen LogP contribution in [0.4, 0.5) is 0 Å². The number of hydrogen-bond acceptors (Lipinski definition) is 4. The Labute approximate surface area is 171 Å². The number of likely N-dealkylation sites (N-methyl/N-ethyl adjacent to an activating group) is 1. The Kier molecular flexibility index (Phi) is 7.60. The van der Waals surface area contributed by atoms with Crippen LogP contribution < -0.4 is 10.0 Å². The van der Waals surface area contributed by atoms with E-state index in [0.717, 1.165) is 12.0 Å². The summed E-state index contributed by atoms with van der Waals surface area (Å²) < 4.78 is 26.3. The van der Waals surface area contributed by atoms with Crippen LogP contribution in [0.1, 0.15) is 34.5 Å². The number of carbonyl (C=O) groups excluding carboxylic acids is 1. The SMILES string of the molecule is CCc1ccc(C(CNC(=O)c2ccc(Cl)c(S(=O)(=O)NC)c2)N(C)C)cc1. The third-order valence-electron chi connectivity index (χ3n) is 4.60. The van der Waals surface area contributed by atoms with Crippen LogP contribution in [0.15, 0.2) is 47.4 Å². The van der Waals surface area contributed by atoms with Crippen molar-refractivity contribution in [2.75, 3.05) is 27.7 Å². The lowest BCUT2D eigenvalue weighted by molar-refractivity contribution is 0.0941. The van der Waals surface area contributed by atoms with Crippen LogP contribution in [0.5, 0.6) is 0 Å². The molecule has 1 amide bonds. The highest BCUT2D eigenvalue weighted by Gasteiger charge is 2.20. The Morgan fingerprint density at radius 1 is 1.14 bits per heavy atom. The van der Waals surface area contributed by atoms with Crippen LogP contribution in [-0.2, 0) is 16.4 Å². The van der Waals surface area contributed by atoms with Gasteiger partial charge in [-0.15, -0.1) is 0 Å². The molecule has 0 radical (unpaired) electrons. The highest BCUT2D eigenvalue weighted by Crippen LogP contribution is 2.23. The van der Waals surface area contributed by atoms with Gasteiger partial charge in [0.25, 0.3) is 5.91 Å². The van der Waals surface area contributed by atoms with Crippen LogP contribution in [-0.4, -0.2) is 46.9 Å². The van der Waals surface area contributed by atoms with Crippen molar-refractivity contribution in [3.8, 4) is 0 Å². The fourth-order valence-corrected chi connectivity index (χ4v) is 4.08. The van der Waals surface area contributed by atoms with E-state index in [2.05, 4.69) is 41.2 Å². The number of sulfonamides is 1. The fraction of sp³-hybridized carbons (Fsp3) is 0.350. The van der Waals surface area contributed by atoms with Gasteiger partial charge in [0.1, 0.15) is 4.90 Å². The second-order valence-electron chi connectivity index (χ2n) is 6.64. The number of nitrogens with zero attached hydrogens (tertiary/aromatic N) is 1. The van der Waals surface area contributed by atoms with Crippen LogP contribution >= 0.6 is 11.6 Å². The molecule has 0 aliphatic carbocycles. The van der Waals surface area contributed by atoms with Crippen molar-refractivity contribution in [2.45, 2.75) is 24.3 Å². The summed E-state index contributed by atoms with van der Waals surface area (Å²) in [4.78, 5) is 14.5. The molecule has 1 atom stereocenters. The minimum Gasteiger partial charge on any atom is -0.350 e. The number of nitrogens with one attached hydrogen (secondary N) is 2. The zero-order valence-electron chi connectivity index (χ0n) is 16.5. The molecular weight excluding hydrogens is 398 g/mol. The summed E-state index contributed by atoms with van der Waals surface area (Å²) in [5.74, 6) is -0.360. The average molecular weight is 424 g/mol. The molecule has 0 aromatic heterocycles. The molecule has 2 aromatic rings. The molecule has 0 spiro atoms. The Bertz CT molecular complexity index is 928. The quantitative estimate of drug-likeness (QED) is 0.684. The number of benzene rings is 2. The lowest BCUT2D eigenvalue weighted by atomic mass is 10.0. The Morgan fingerprint density at radius 3 is 2.32 bits per heavy atom. The first kappa shape index (κ1) is 22.4. The van der Waals surface area contributed by atoms with Gasteiger partial charge in [0, 0.05) is 12.1 Å². The van der Waals surface area contributed by atoms with E-state index in [-0.39, 0.29) is 27.4 Å². The Hall–Kier alpha value is -1.93. The number of aryl methyl sites for hydroxylation is 1. The van der Waals surface area contributed by atoms with Crippen molar-refractivity contribution >= 4 is 27.5 Å². The molecule has 0 fully saturated rings. The summed E-state index contributed by atoms with van der Waals surface area (Å²) >= 11 is 5.98. The molecule has 1 unspecified atom stereocenters. The van der Waals surface area contributed by atoms with Gasteiger partial charge in [0.15, 0.2) is 0 Å². The first-order valence-corrected chi connectivity index (χ1v) is 10.8. The van der Waals surface area contributed by atoms with Crippen molar-refractivity contribution in [3.05, 3.63) is 64.2 Å². The third kappa shape index (κ3) is 5.32. The maximum atomic E-state index is 12.6. The topological polar surface area (TPSA) is 78.5 Å². The monoisotopic (exact) mass is 423 g/mol. The van der Waals surface area contributed by atoms with E-state index in [4.69, 9.17) is 11.6 Å². The number of rotatable bonds is 8. The molecule has 28 heavy (non-hydrogen) atoms. The molecule has 0 bridgehead atoms. The van der Waals surface area contributed by atoms with Gasteiger partial charge < -0.3 is 10.2 Å². The zero-order chi connectivity index (χ0) is 20.9. The molecule has 0 saturated heterocycles. The van der Waals surface area contributed by atoms with E-state index < -0.39 is 10.0 Å². The molecule has 152 valence electrons. The first-order chi connectivity index (χ1) is 13.2. The van der Waals surface area contributed by atoms with Crippen molar-refractivity contribution in [1.29, 1.82) is 0 Å². The summed E-state index contributed by atoms with van der Waals surface area (Å²) in [6.07, 6.45) is 0.970. The smallest absolute Gasteiger partial charge is 0.251 e. The molecule has 2 N–H and O–H groups in total. The predicted molar refractivity (Wildman–Crippen MR) is 112 cm³/mol. The number of amides is 1. The van der Waals surface area contributed by atoms with Crippen LogP contribution in [0.3, 0.4) is 0 Å². The van der Waals surface area contributed by atoms with Crippen molar-refractivity contribution in [3.63, 3.8) is 0 Å². The van der Waals surface area contributed by atoms with Gasteiger partial charge in [-0.1, -0.05) is 42.8 Å². The van der Waals surface area contributed by atoms with Gasteiger partial charge in [0.2, 0.25) is 10.0 Å². The minimum absolute atomic E-state index is 0.0114. The molecular formula is C20H26ClN3O3S. The maximum absolute atomic E-state index is 12.6. The van der Waals surface area contributed by atoms with Crippen molar-refractivity contribution < 1.29 is 13.2 Å². The van der Waals surface area contributed by atoms with Crippen molar-refractivity contribution in [1.82, 2.24) is 14.9 Å². The van der Waals surface area contributed by atoms with Gasteiger partial charge in [0.05, 0.1) is 11.1 Å². The average Bonchev–Trinajstić information content (AvgIpc) is 2.68.